The minimum Gasteiger partial charge on any atom is -0.444 e. The predicted molar refractivity (Wildman–Crippen MR) is 74.0 cm³/mol. The highest BCUT2D eigenvalue weighted by Gasteiger charge is 2.15. The first-order chi connectivity index (χ1) is 7.10. The lowest BCUT2D eigenvalue weighted by Crippen LogP contribution is -2.33. The monoisotopic (exact) mass is 265 g/mol. The molecule has 0 atom stereocenters. The molecule has 0 aliphatic carbocycles. The van der Waals surface area contributed by atoms with Gasteiger partial charge in [-0.25, -0.2) is 4.79 Å². The molecule has 0 spiro atoms. The zero-order valence-electron chi connectivity index (χ0n) is 11.0. The average molecular weight is 265 g/mol. The number of carbonyl (C=O) groups excluding carboxylic acids is 1. The summed E-state index contributed by atoms with van der Waals surface area (Å²) < 4.78 is 5.38. The van der Waals surface area contributed by atoms with Crippen LogP contribution in [0.2, 0.25) is 0 Å². The van der Waals surface area contributed by atoms with Crippen molar-refractivity contribution < 1.29 is 9.53 Å². The first kappa shape index (κ1) is 16.0. The van der Waals surface area contributed by atoms with Gasteiger partial charge in [-0.15, -0.1) is 0 Å². The van der Waals surface area contributed by atoms with Crippen molar-refractivity contribution in [1.29, 1.82) is 0 Å². The van der Waals surface area contributed by atoms with Crippen molar-refractivity contribution in [3.05, 3.63) is 0 Å². The van der Waals surface area contributed by atoms with Crippen molar-refractivity contribution in [1.82, 2.24) is 5.32 Å². The smallest absolute Gasteiger partial charge is 0.407 e. The lowest BCUT2D eigenvalue weighted by molar-refractivity contribution is 0.0531. The van der Waals surface area contributed by atoms with E-state index in [4.69, 9.17) is 4.74 Å². The van der Waals surface area contributed by atoms with Gasteiger partial charge in [0.1, 0.15) is 5.60 Å². The summed E-state index contributed by atoms with van der Waals surface area (Å²) in [5.41, 5.74) is -0.419. The maximum absolute atomic E-state index is 11.3. The second kappa shape index (κ2) is 6.64. The maximum Gasteiger partial charge on any atom is 0.407 e. The maximum atomic E-state index is 11.3. The molecular weight excluding hydrogens is 242 g/mol. The van der Waals surface area contributed by atoms with E-state index in [9.17, 15) is 4.79 Å². The third kappa shape index (κ3) is 12.0. The molecule has 16 heavy (non-hydrogen) atoms. The number of carbonyl (C=O) groups is 1. The van der Waals surface area contributed by atoms with Crippen molar-refractivity contribution in [2.75, 3.05) is 12.3 Å². The summed E-state index contributed by atoms with van der Waals surface area (Å²) in [6.45, 7) is 12.7. The molecule has 0 fully saturated rings. The van der Waals surface area contributed by atoms with Gasteiger partial charge in [-0.05, 0) is 20.8 Å². The highest BCUT2D eigenvalue weighted by atomic mass is 33.1. The van der Waals surface area contributed by atoms with Crippen LogP contribution in [0.25, 0.3) is 0 Å². The molecule has 0 heterocycles. The van der Waals surface area contributed by atoms with E-state index in [0.29, 0.717) is 6.54 Å². The van der Waals surface area contributed by atoms with Gasteiger partial charge in [0.2, 0.25) is 0 Å². The van der Waals surface area contributed by atoms with Crippen molar-refractivity contribution in [3.8, 4) is 0 Å². The van der Waals surface area contributed by atoms with Gasteiger partial charge in [0, 0.05) is 17.0 Å². The highest BCUT2D eigenvalue weighted by Crippen LogP contribution is 2.34. The van der Waals surface area contributed by atoms with E-state index in [1.54, 1.807) is 10.8 Å². The van der Waals surface area contributed by atoms with Crippen LogP contribution in [0.4, 0.5) is 4.79 Å². The van der Waals surface area contributed by atoms with Crippen LogP contribution in [0.5, 0.6) is 0 Å². The van der Waals surface area contributed by atoms with Gasteiger partial charge in [0.05, 0.1) is 0 Å². The molecule has 0 unspecified atom stereocenters. The molecule has 0 bridgehead atoms. The van der Waals surface area contributed by atoms with E-state index in [2.05, 4.69) is 26.1 Å². The van der Waals surface area contributed by atoms with Crippen LogP contribution in [-0.2, 0) is 4.74 Å². The van der Waals surface area contributed by atoms with Crippen LogP contribution in [0.3, 0.4) is 0 Å². The van der Waals surface area contributed by atoms with Gasteiger partial charge in [0.15, 0.2) is 0 Å². The van der Waals surface area contributed by atoms with Gasteiger partial charge < -0.3 is 10.1 Å². The van der Waals surface area contributed by atoms with E-state index in [1.807, 2.05) is 31.6 Å². The number of ether oxygens (including phenoxy) is 1. The number of amides is 1. The normalized spacial score (nSPS) is 12.4. The summed E-state index contributed by atoms with van der Waals surface area (Å²) in [5.74, 6) is 0.890. The SMILES string of the molecule is CC(C)(C)OC(=O)NCCSSC(C)(C)C. The van der Waals surface area contributed by atoms with Gasteiger partial charge in [0.25, 0.3) is 0 Å². The fourth-order valence-electron chi connectivity index (χ4n) is 0.727. The molecule has 0 rings (SSSR count). The van der Waals surface area contributed by atoms with Gasteiger partial charge in [-0.1, -0.05) is 42.4 Å². The Bertz CT molecular complexity index is 219. The van der Waals surface area contributed by atoms with Gasteiger partial charge >= 0.3 is 6.09 Å². The third-order valence-corrected chi connectivity index (χ3v) is 4.50. The van der Waals surface area contributed by atoms with E-state index in [-0.39, 0.29) is 10.8 Å². The van der Waals surface area contributed by atoms with E-state index in [1.165, 1.54) is 0 Å². The third-order valence-electron chi connectivity index (χ3n) is 1.16. The Hall–Kier alpha value is -0.0300. The Kier molecular flexibility index (Phi) is 6.63. The quantitative estimate of drug-likeness (QED) is 0.621. The van der Waals surface area contributed by atoms with Gasteiger partial charge in [-0.3, -0.25) is 0 Å². The number of hydrogen-bond donors (Lipinski definition) is 1. The Balaban J connectivity index is 3.50. The Morgan fingerprint density at radius 2 is 1.75 bits per heavy atom. The molecule has 0 aliphatic rings. The van der Waals surface area contributed by atoms with Crippen LogP contribution in [0.1, 0.15) is 41.5 Å². The first-order valence-corrected chi connectivity index (χ1v) is 7.69. The van der Waals surface area contributed by atoms with Crippen molar-refractivity contribution in [3.63, 3.8) is 0 Å². The minimum atomic E-state index is -0.419. The molecule has 5 heteroatoms. The fraction of sp³-hybridized carbons (Fsp3) is 0.909. The summed E-state index contributed by atoms with van der Waals surface area (Å²) >= 11 is 0. The first-order valence-electron chi connectivity index (χ1n) is 5.38. The lowest BCUT2D eigenvalue weighted by atomic mass is 10.2. The second-order valence-electron chi connectivity index (χ2n) is 5.45. The molecule has 1 amide bonds. The average Bonchev–Trinajstić information content (AvgIpc) is 1.97. The Labute approximate surface area is 107 Å². The summed E-state index contributed by atoms with van der Waals surface area (Å²) in [6, 6.07) is 0. The Morgan fingerprint density at radius 1 is 1.19 bits per heavy atom. The summed E-state index contributed by atoms with van der Waals surface area (Å²) in [6.07, 6.45) is -0.339. The van der Waals surface area contributed by atoms with Crippen LogP contribution in [0.15, 0.2) is 0 Å². The van der Waals surface area contributed by atoms with Crippen molar-refractivity contribution >= 4 is 27.7 Å². The van der Waals surface area contributed by atoms with Crippen LogP contribution in [0, 0.1) is 0 Å². The fourth-order valence-corrected chi connectivity index (χ4v) is 2.91. The van der Waals surface area contributed by atoms with Crippen LogP contribution in [-0.4, -0.2) is 28.7 Å². The Morgan fingerprint density at radius 3 is 2.19 bits per heavy atom. The van der Waals surface area contributed by atoms with Gasteiger partial charge in [-0.2, -0.15) is 0 Å². The van der Waals surface area contributed by atoms with E-state index < -0.39 is 5.60 Å². The molecule has 0 saturated heterocycles. The molecule has 0 saturated carbocycles. The standard InChI is InChI=1S/C11H23NO2S2/c1-10(2,3)14-9(13)12-7-8-15-16-11(4,5)6/h7-8H2,1-6H3,(H,12,13). The van der Waals surface area contributed by atoms with Crippen LogP contribution < -0.4 is 5.32 Å². The highest BCUT2D eigenvalue weighted by molar-refractivity contribution is 8.77. The van der Waals surface area contributed by atoms with E-state index >= 15 is 0 Å². The molecule has 1 N–H and O–H groups in total. The molecule has 0 aliphatic heterocycles. The largest absolute Gasteiger partial charge is 0.444 e. The molecule has 96 valence electrons. The second-order valence-corrected chi connectivity index (χ2v) is 8.69. The molecule has 0 aromatic rings. The molecular formula is C11H23NO2S2. The predicted octanol–water partition coefficient (Wildman–Crippen LogP) is 3.69. The summed E-state index contributed by atoms with van der Waals surface area (Å²) in [7, 11) is 3.59. The minimum absolute atomic E-state index is 0.261. The molecule has 0 radical (unpaired) electrons. The number of nitrogens with one attached hydrogen (secondary N) is 1. The zero-order chi connectivity index (χ0) is 12.8. The summed E-state index contributed by atoms with van der Waals surface area (Å²) in [4.78, 5) is 11.3. The number of hydrogen-bond acceptors (Lipinski definition) is 4. The topological polar surface area (TPSA) is 38.3 Å². The van der Waals surface area contributed by atoms with Crippen LogP contribution >= 0.6 is 21.6 Å². The van der Waals surface area contributed by atoms with Crippen molar-refractivity contribution in [2.45, 2.75) is 51.9 Å². The molecule has 3 nitrogen and oxygen atoms in total. The number of rotatable bonds is 4. The van der Waals surface area contributed by atoms with Crippen molar-refractivity contribution in [2.24, 2.45) is 0 Å². The molecule has 0 aromatic carbocycles. The summed E-state index contributed by atoms with van der Waals surface area (Å²) in [5, 5.41) is 2.73. The zero-order valence-corrected chi connectivity index (χ0v) is 12.7. The lowest BCUT2D eigenvalue weighted by Gasteiger charge is -2.20. The number of alkyl carbamates (subject to hydrolysis) is 1. The molecule has 0 aromatic heterocycles. The van der Waals surface area contributed by atoms with E-state index in [0.717, 1.165) is 5.75 Å².